The maximum atomic E-state index is 13.0. The first-order valence-corrected chi connectivity index (χ1v) is 16.1. The summed E-state index contributed by atoms with van der Waals surface area (Å²) < 4.78 is 1.84. The number of nitrogens with two attached hydrogens (primary N) is 1. The maximum absolute atomic E-state index is 13.0. The second-order valence-corrected chi connectivity index (χ2v) is 12.5. The fraction of sp³-hybridized carbons (Fsp3) is 0.324. The Morgan fingerprint density at radius 3 is 2.22 bits per heavy atom. The summed E-state index contributed by atoms with van der Waals surface area (Å²) in [5.41, 5.74) is 13.2. The molecule has 0 bridgehead atoms. The molecule has 3 heterocycles. The van der Waals surface area contributed by atoms with E-state index in [2.05, 4.69) is 30.1 Å². The van der Waals surface area contributed by atoms with Crippen LogP contribution in [0.15, 0.2) is 71.7 Å². The van der Waals surface area contributed by atoms with Gasteiger partial charge in [0.1, 0.15) is 5.69 Å². The highest BCUT2D eigenvalue weighted by molar-refractivity contribution is 6.39. The Balaban J connectivity index is 1.04. The van der Waals surface area contributed by atoms with Crippen LogP contribution in [-0.2, 0) is 6.54 Å². The van der Waals surface area contributed by atoms with E-state index in [9.17, 15) is 4.79 Å². The molecule has 11 heteroatoms. The van der Waals surface area contributed by atoms with E-state index in [1.807, 2.05) is 79.2 Å². The maximum Gasteiger partial charge on any atom is 0.255 e. The van der Waals surface area contributed by atoms with Gasteiger partial charge >= 0.3 is 0 Å². The fourth-order valence-corrected chi connectivity index (χ4v) is 6.64. The molecule has 2 fully saturated rings. The van der Waals surface area contributed by atoms with Gasteiger partial charge in [0.05, 0.1) is 21.4 Å². The third-order valence-electron chi connectivity index (χ3n) is 8.36. The highest BCUT2D eigenvalue weighted by Gasteiger charge is 2.20. The van der Waals surface area contributed by atoms with Gasteiger partial charge in [0, 0.05) is 55.4 Å². The Hall–Kier alpha value is -4.05. The number of rotatable bonds is 7. The van der Waals surface area contributed by atoms with Crippen LogP contribution < -0.4 is 16.0 Å². The van der Waals surface area contributed by atoms with Gasteiger partial charge in [-0.05, 0) is 106 Å². The summed E-state index contributed by atoms with van der Waals surface area (Å²) in [5, 5.41) is 8.57. The molecule has 9 nitrogen and oxygen atoms in total. The van der Waals surface area contributed by atoms with Crippen LogP contribution in [-0.4, -0.2) is 70.7 Å². The molecule has 234 valence electrons. The van der Waals surface area contributed by atoms with Gasteiger partial charge in [0.2, 0.25) is 0 Å². The second kappa shape index (κ2) is 13.5. The second-order valence-electron chi connectivity index (χ2n) is 11.7. The Kier molecular flexibility index (Phi) is 9.30. The monoisotopic (exact) mass is 644 g/mol. The predicted octanol–water partition coefficient (Wildman–Crippen LogP) is 6.41. The number of anilines is 2. The van der Waals surface area contributed by atoms with E-state index in [1.54, 1.807) is 6.07 Å². The van der Waals surface area contributed by atoms with Crippen LogP contribution in [0.5, 0.6) is 0 Å². The number of halogens is 2. The summed E-state index contributed by atoms with van der Waals surface area (Å²) in [5.74, 6) is 0.238. The van der Waals surface area contributed by atoms with Gasteiger partial charge in [0.25, 0.3) is 5.91 Å². The quantitative estimate of drug-likeness (QED) is 0.178. The molecule has 3 N–H and O–H groups in total. The number of nitrogens with zero attached hydrogens (tertiary/aromatic N) is 6. The Morgan fingerprint density at radius 1 is 0.889 bits per heavy atom. The highest BCUT2D eigenvalue weighted by atomic mass is 35.5. The minimum absolute atomic E-state index is 0.170. The SMILES string of the molecule is Cc1cc(C)n(-c2cccc(C(=O)Nc3ccc(N4CCN(C(N)=Nc5c(Cl)cc(CN6CCCC6)cc5Cl)CC4)cc3)c2)n1. The topological polar surface area (TPSA) is 95.0 Å². The molecule has 45 heavy (non-hydrogen) atoms. The van der Waals surface area contributed by atoms with Crippen molar-refractivity contribution in [3.8, 4) is 5.69 Å². The first-order valence-electron chi connectivity index (χ1n) is 15.3. The van der Waals surface area contributed by atoms with Gasteiger partial charge < -0.3 is 20.9 Å². The van der Waals surface area contributed by atoms with Crippen molar-refractivity contribution in [3.63, 3.8) is 0 Å². The molecule has 0 radical (unpaired) electrons. The number of aryl methyl sites for hydroxylation is 2. The molecule has 3 aromatic carbocycles. The summed E-state index contributed by atoms with van der Waals surface area (Å²) in [6.07, 6.45) is 2.47. The third kappa shape index (κ3) is 7.27. The molecule has 0 atom stereocenters. The molecular weight excluding hydrogens is 607 g/mol. The summed E-state index contributed by atoms with van der Waals surface area (Å²) in [7, 11) is 0. The molecular formula is C34H38Cl2N8O. The van der Waals surface area contributed by atoms with Crippen molar-refractivity contribution in [3.05, 3.63) is 99.3 Å². The van der Waals surface area contributed by atoms with E-state index in [-0.39, 0.29) is 5.91 Å². The number of carbonyl (C=O) groups excluding carboxylic acids is 1. The molecule has 2 saturated heterocycles. The summed E-state index contributed by atoms with van der Waals surface area (Å²) in [6, 6.07) is 21.3. The Labute approximate surface area is 274 Å². The van der Waals surface area contributed by atoms with Crippen LogP contribution in [0.1, 0.15) is 40.2 Å². The van der Waals surface area contributed by atoms with Crippen LogP contribution in [0, 0.1) is 13.8 Å². The summed E-state index contributed by atoms with van der Waals surface area (Å²) in [6.45, 7) is 9.98. The van der Waals surface area contributed by atoms with Gasteiger partial charge in [-0.1, -0.05) is 29.3 Å². The Bertz CT molecular complexity index is 1680. The number of piperazine rings is 1. The number of likely N-dealkylation sites (tertiary alicyclic amines) is 1. The molecule has 2 aliphatic rings. The van der Waals surface area contributed by atoms with E-state index in [4.69, 9.17) is 28.9 Å². The number of hydrogen-bond acceptors (Lipinski definition) is 5. The van der Waals surface area contributed by atoms with Gasteiger partial charge in [-0.2, -0.15) is 5.10 Å². The minimum Gasteiger partial charge on any atom is -0.369 e. The standard InChI is InChI=1S/C34H38Cl2N8O/c1-23-18-24(2)44(40-23)29-7-5-6-26(21-29)33(45)38-27-8-10-28(11-9-27)42-14-16-43(17-15-42)34(37)39-32-30(35)19-25(20-31(32)36)22-41-12-3-4-13-41/h5-11,18-21H,3-4,12-17,22H2,1-2H3,(H2,37,39)(H,38,45). The van der Waals surface area contributed by atoms with Crippen molar-refractivity contribution in [2.24, 2.45) is 10.7 Å². The van der Waals surface area contributed by atoms with Crippen molar-refractivity contribution in [2.45, 2.75) is 33.2 Å². The average Bonchev–Trinajstić information content (AvgIpc) is 3.67. The van der Waals surface area contributed by atoms with E-state index in [1.165, 1.54) is 12.8 Å². The first kappa shape index (κ1) is 31.0. The van der Waals surface area contributed by atoms with Gasteiger partial charge in [-0.15, -0.1) is 0 Å². The highest BCUT2D eigenvalue weighted by Crippen LogP contribution is 2.35. The van der Waals surface area contributed by atoms with Crippen molar-refractivity contribution >= 4 is 52.1 Å². The number of hydrogen-bond donors (Lipinski definition) is 2. The van der Waals surface area contributed by atoms with Gasteiger partial charge in [0.15, 0.2) is 5.96 Å². The lowest BCUT2D eigenvalue weighted by Gasteiger charge is -2.36. The molecule has 6 rings (SSSR count). The number of aliphatic imine (C=N–C) groups is 1. The minimum atomic E-state index is -0.170. The molecule has 2 aliphatic heterocycles. The molecule has 0 aliphatic carbocycles. The molecule has 1 aromatic heterocycles. The number of nitrogens with one attached hydrogen (secondary N) is 1. The average molecular weight is 646 g/mol. The summed E-state index contributed by atoms with van der Waals surface area (Å²) in [4.78, 5) is 24.4. The fourth-order valence-electron chi connectivity index (χ4n) is 6.02. The molecule has 0 unspecified atom stereocenters. The molecule has 1 amide bonds. The first-order chi connectivity index (χ1) is 21.7. The lowest BCUT2D eigenvalue weighted by Crippen LogP contribution is -2.51. The van der Waals surface area contributed by atoms with Crippen LogP contribution in [0.2, 0.25) is 10.0 Å². The van der Waals surface area contributed by atoms with Gasteiger partial charge in [-0.25, -0.2) is 9.67 Å². The lowest BCUT2D eigenvalue weighted by molar-refractivity contribution is 0.102. The summed E-state index contributed by atoms with van der Waals surface area (Å²) >= 11 is 13.2. The number of guanidine groups is 1. The number of aromatic nitrogens is 2. The number of carbonyl (C=O) groups is 1. The van der Waals surface area contributed by atoms with Crippen molar-refractivity contribution in [2.75, 3.05) is 49.5 Å². The number of amides is 1. The smallest absolute Gasteiger partial charge is 0.255 e. The predicted molar refractivity (Wildman–Crippen MR) is 183 cm³/mol. The molecule has 0 saturated carbocycles. The van der Waals surface area contributed by atoms with E-state index in [0.717, 1.165) is 66.7 Å². The van der Waals surface area contributed by atoms with Crippen LogP contribution in [0.4, 0.5) is 17.1 Å². The normalized spacial score (nSPS) is 16.0. The zero-order valence-corrected chi connectivity index (χ0v) is 27.2. The molecule has 4 aromatic rings. The third-order valence-corrected chi connectivity index (χ3v) is 8.94. The van der Waals surface area contributed by atoms with Crippen LogP contribution >= 0.6 is 23.2 Å². The Morgan fingerprint density at radius 2 is 1.58 bits per heavy atom. The van der Waals surface area contributed by atoms with Crippen molar-refractivity contribution in [1.29, 1.82) is 0 Å². The van der Waals surface area contributed by atoms with Crippen LogP contribution in [0.25, 0.3) is 5.69 Å². The zero-order valence-electron chi connectivity index (χ0n) is 25.6. The van der Waals surface area contributed by atoms with Crippen molar-refractivity contribution < 1.29 is 4.79 Å². The lowest BCUT2D eigenvalue weighted by atomic mass is 10.1. The molecule has 0 spiro atoms. The van der Waals surface area contributed by atoms with Crippen molar-refractivity contribution in [1.82, 2.24) is 19.6 Å². The van der Waals surface area contributed by atoms with E-state index in [0.29, 0.717) is 40.3 Å². The van der Waals surface area contributed by atoms with Gasteiger partial charge in [-0.3, -0.25) is 9.69 Å². The number of benzene rings is 3. The van der Waals surface area contributed by atoms with Crippen LogP contribution in [0.3, 0.4) is 0 Å². The van der Waals surface area contributed by atoms with E-state index < -0.39 is 0 Å². The zero-order chi connectivity index (χ0) is 31.5. The van der Waals surface area contributed by atoms with E-state index >= 15 is 0 Å². The largest absolute Gasteiger partial charge is 0.369 e.